The normalized spacial score (nSPS) is 25.2. The van der Waals surface area contributed by atoms with Gasteiger partial charge in [0, 0.05) is 5.41 Å². The van der Waals surface area contributed by atoms with E-state index in [2.05, 4.69) is 6.92 Å². The molecule has 1 aromatic carbocycles. The molecular formula is C20H28O6S. The van der Waals surface area contributed by atoms with Gasteiger partial charge in [-0.1, -0.05) is 51.3 Å². The first-order valence-corrected chi connectivity index (χ1v) is 10.9. The third-order valence-corrected chi connectivity index (χ3v) is 7.54. The Labute approximate surface area is 161 Å². The number of methoxy groups -OCH3 is 1. The van der Waals surface area contributed by atoms with Crippen molar-refractivity contribution in [1.29, 1.82) is 0 Å². The van der Waals surface area contributed by atoms with Crippen LogP contribution in [0.25, 0.3) is 0 Å². The second-order valence-electron chi connectivity index (χ2n) is 7.27. The van der Waals surface area contributed by atoms with Crippen molar-refractivity contribution in [3.63, 3.8) is 0 Å². The topological polar surface area (TPSA) is 86.7 Å². The van der Waals surface area contributed by atoms with Crippen LogP contribution in [-0.2, 0) is 28.9 Å². The minimum Gasteiger partial charge on any atom is -0.469 e. The summed E-state index contributed by atoms with van der Waals surface area (Å²) in [6.45, 7) is 3.74. The first-order valence-electron chi connectivity index (χ1n) is 9.33. The number of sulfone groups is 1. The summed E-state index contributed by atoms with van der Waals surface area (Å²) in [6, 6.07) is 7.82. The number of cyclic esters (lactones) is 1. The van der Waals surface area contributed by atoms with Crippen molar-refractivity contribution in [3.8, 4) is 0 Å². The summed E-state index contributed by atoms with van der Waals surface area (Å²) in [7, 11) is -2.75. The molecule has 0 aromatic heterocycles. The fourth-order valence-electron chi connectivity index (χ4n) is 3.74. The number of esters is 2. The molecule has 0 unspecified atom stereocenters. The third-order valence-electron chi connectivity index (χ3n) is 5.26. The zero-order valence-electron chi connectivity index (χ0n) is 16.1. The van der Waals surface area contributed by atoms with Crippen LogP contribution in [0.2, 0.25) is 0 Å². The smallest absolute Gasteiger partial charge is 0.325 e. The molecule has 1 aliphatic heterocycles. The molecule has 1 saturated heterocycles. The van der Waals surface area contributed by atoms with Gasteiger partial charge < -0.3 is 9.47 Å². The maximum atomic E-state index is 13.2. The molecule has 3 atom stereocenters. The van der Waals surface area contributed by atoms with Gasteiger partial charge in [-0.05, 0) is 25.0 Å². The summed E-state index contributed by atoms with van der Waals surface area (Å²) < 4.78 is 36.7. The fourth-order valence-corrected chi connectivity index (χ4v) is 5.80. The molecule has 1 aromatic rings. The molecule has 0 saturated carbocycles. The predicted molar refractivity (Wildman–Crippen MR) is 101 cm³/mol. The number of ether oxygens (including phenoxy) is 2. The van der Waals surface area contributed by atoms with Crippen molar-refractivity contribution in [1.82, 2.24) is 0 Å². The number of carbonyl (C=O) groups is 2. The second-order valence-corrected chi connectivity index (χ2v) is 9.30. The molecule has 1 fully saturated rings. The van der Waals surface area contributed by atoms with Crippen LogP contribution < -0.4 is 0 Å². The van der Waals surface area contributed by atoms with Gasteiger partial charge in [0.2, 0.25) is 0 Å². The summed E-state index contributed by atoms with van der Waals surface area (Å²) in [6.07, 6.45) is 3.60. The first kappa shape index (κ1) is 21.4. The fraction of sp³-hybridized carbons (Fsp3) is 0.600. The lowest BCUT2D eigenvalue weighted by Gasteiger charge is -2.31. The summed E-state index contributed by atoms with van der Waals surface area (Å²) in [5.41, 5.74) is -1.18. The molecule has 0 bridgehead atoms. The maximum absolute atomic E-state index is 13.2. The predicted octanol–water partition coefficient (Wildman–Crippen LogP) is 3.29. The highest BCUT2D eigenvalue weighted by Gasteiger charge is 2.60. The number of carbonyl (C=O) groups excluding carboxylic acids is 2. The van der Waals surface area contributed by atoms with E-state index in [0.717, 1.165) is 25.7 Å². The molecule has 1 heterocycles. The van der Waals surface area contributed by atoms with Gasteiger partial charge in [-0.15, -0.1) is 0 Å². The van der Waals surface area contributed by atoms with E-state index in [1.54, 1.807) is 25.1 Å². The van der Waals surface area contributed by atoms with Crippen LogP contribution in [0.15, 0.2) is 35.2 Å². The first-order chi connectivity index (χ1) is 12.8. The molecule has 6 nitrogen and oxygen atoms in total. The Balaban J connectivity index is 2.38. The van der Waals surface area contributed by atoms with Gasteiger partial charge in [0.25, 0.3) is 0 Å². The molecule has 0 spiro atoms. The Morgan fingerprint density at radius 2 is 1.85 bits per heavy atom. The molecule has 7 heteroatoms. The summed E-state index contributed by atoms with van der Waals surface area (Å²) >= 11 is 0. The Kier molecular flexibility index (Phi) is 7.03. The summed E-state index contributed by atoms with van der Waals surface area (Å²) in [4.78, 5) is 24.7. The van der Waals surface area contributed by atoms with Gasteiger partial charge in [0.05, 0.1) is 18.4 Å². The molecule has 0 N–H and O–H groups in total. The van der Waals surface area contributed by atoms with Crippen molar-refractivity contribution in [2.24, 2.45) is 5.41 Å². The van der Waals surface area contributed by atoms with Crippen LogP contribution in [0.4, 0.5) is 0 Å². The third kappa shape index (κ3) is 4.51. The lowest BCUT2D eigenvalue weighted by Crippen LogP contribution is -2.44. The number of rotatable bonds is 9. The van der Waals surface area contributed by atoms with Gasteiger partial charge in [0.15, 0.2) is 15.1 Å². The molecule has 0 aliphatic carbocycles. The Morgan fingerprint density at radius 1 is 1.19 bits per heavy atom. The van der Waals surface area contributed by atoms with Crippen molar-refractivity contribution in [2.45, 2.75) is 68.6 Å². The van der Waals surface area contributed by atoms with E-state index in [0.29, 0.717) is 6.42 Å². The number of hydrogen-bond donors (Lipinski definition) is 0. The number of benzene rings is 1. The second kappa shape index (κ2) is 8.87. The van der Waals surface area contributed by atoms with Crippen LogP contribution in [0.3, 0.4) is 0 Å². The average molecular weight is 397 g/mol. The Morgan fingerprint density at radius 3 is 2.44 bits per heavy atom. The Bertz CT molecular complexity index is 758. The summed E-state index contributed by atoms with van der Waals surface area (Å²) in [5, 5.41) is -1.43. The maximum Gasteiger partial charge on any atom is 0.325 e. The van der Waals surface area contributed by atoms with Crippen molar-refractivity contribution < 1.29 is 27.5 Å². The highest BCUT2D eigenvalue weighted by atomic mass is 32.2. The lowest BCUT2D eigenvalue weighted by molar-refractivity contribution is -0.146. The van der Waals surface area contributed by atoms with E-state index < -0.39 is 38.5 Å². The van der Waals surface area contributed by atoms with E-state index in [1.165, 1.54) is 19.2 Å². The van der Waals surface area contributed by atoms with Crippen LogP contribution in [0, 0.1) is 5.41 Å². The zero-order valence-corrected chi connectivity index (χ0v) is 17.0. The van der Waals surface area contributed by atoms with Gasteiger partial charge in [0.1, 0.15) is 6.10 Å². The van der Waals surface area contributed by atoms with Gasteiger partial charge in [-0.3, -0.25) is 9.59 Å². The van der Waals surface area contributed by atoms with E-state index in [9.17, 15) is 18.0 Å². The molecular weight excluding hydrogens is 368 g/mol. The quantitative estimate of drug-likeness (QED) is 0.470. The van der Waals surface area contributed by atoms with E-state index in [1.807, 2.05) is 0 Å². The minimum atomic E-state index is -4.00. The SMILES string of the molecule is CCCCCC[C@H]1OC(=O)[C@@H](S(=O)(=O)c2ccccc2)[C@]1(C)CC(=O)OC. The lowest BCUT2D eigenvalue weighted by atomic mass is 9.77. The van der Waals surface area contributed by atoms with Crippen LogP contribution in [-0.4, -0.2) is 38.8 Å². The number of hydrogen-bond acceptors (Lipinski definition) is 6. The van der Waals surface area contributed by atoms with Crippen LogP contribution >= 0.6 is 0 Å². The van der Waals surface area contributed by atoms with Crippen molar-refractivity contribution in [3.05, 3.63) is 30.3 Å². The van der Waals surface area contributed by atoms with Gasteiger partial charge in [-0.2, -0.15) is 0 Å². The Hall–Kier alpha value is -1.89. The molecule has 0 amide bonds. The van der Waals surface area contributed by atoms with Gasteiger partial charge in [-0.25, -0.2) is 8.42 Å². The molecule has 27 heavy (non-hydrogen) atoms. The molecule has 0 radical (unpaired) electrons. The minimum absolute atomic E-state index is 0.0506. The van der Waals surface area contributed by atoms with Crippen molar-refractivity contribution >= 4 is 21.8 Å². The standard InChI is InChI=1S/C20H28O6S/c1-4-5-6-10-13-16-20(2,14-17(21)25-3)18(19(22)26-16)27(23,24)15-11-8-7-9-12-15/h7-9,11-12,16,18H,4-6,10,13-14H2,1-3H3/t16-,18-,20-/m1/s1. The molecule has 2 rings (SSSR count). The summed E-state index contributed by atoms with van der Waals surface area (Å²) in [5.74, 6) is -1.34. The van der Waals surface area contributed by atoms with Gasteiger partial charge >= 0.3 is 11.9 Å². The van der Waals surface area contributed by atoms with Crippen LogP contribution in [0.5, 0.6) is 0 Å². The largest absolute Gasteiger partial charge is 0.469 e. The van der Waals surface area contributed by atoms with E-state index in [4.69, 9.17) is 9.47 Å². The van der Waals surface area contributed by atoms with Crippen molar-refractivity contribution in [2.75, 3.05) is 7.11 Å². The molecule has 1 aliphatic rings. The molecule has 150 valence electrons. The highest BCUT2D eigenvalue weighted by molar-refractivity contribution is 7.92. The van der Waals surface area contributed by atoms with Crippen LogP contribution in [0.1, 0.15) is 52.4 Å². The number of unbranched alkanes of at least 4 members (excludes halogenated alkanes) is 3. The highest BCUT2D eigenvalue weighted by Crippen LogP contribution is 2.46. The van der Waals surface area contributed by atoms with E-state index in [-0.39, 0.29) is 11.3 Å². The average Bonchev–Trinajstić information content (AvgIpc) is 2.89. The zero-order chi connectivity index (χ0) is 20.1. The monoisotopic (exact) mass is 396 g/mol. The van der Waals surface area contributed by atoms with E-state index >= 15 is 0 Å².